The first kappa shape index (κ1) is 26.1. The minimum Gasteiger partial charge on any atom is -0.387 e. The fraction of sp³-hybridized carbons (Fsp3) is 0.458. The van der Waals surface area contributed by atoms with Gasteiger partial charge in [0.2, 0.25) is 0 Å². The fourth-order valence-electron chi connectivity index (χ4n) is 4.31. The number of benzene rings is 1. The van der Waals surface area contributed by atoms with Gasteiger partial charge in [0.25, 0.3) is 0 Å². The number of pyridine rings is 1. The molecule has 8 nitrogen and oxygen atoms in total. The van der Waals surface area contributed by atoms with Gasteiger partial charge in [0.05, 0.1) is 45.7 Å². The highest BCUT2D eigenvalue weighted by Crippen LogP contribution is 2.37. The third-order valence-corrected chi connectivity index (χ3v) is 8.11. The normalized spacial score (nSPS) is 17.7. The van der Waals surface area contributed by atoms with Crippen molar-refractivity contribution in [1.82, 2.24) is 15.2 Å². The van der Waals surface area contributed by atoms with Gasteiger partial charge in [-0.05, 0) is 39.8 Å². The lowest BCUT2D eigenvalue weighted by Crippen LogP contribution is -2.40. The number of aryl methyl sites for hydroxylation is 2. The molecule has 4 rings (SSSR count). The Morgan fingerprint density at radius 2 is 1.78 bits per heavy atom. The maximum absolute atomic E-state index is 15.1. The predicted octanol–water partition coefficient (Wildman–Crippen LogP) is 3.66. The molecule has 0 saturated carbocycles. The largest absolute Gasteiger partial charge is 0.387 e. The van der Waals surface area contributed by atoms with Crippen LogP contribution in [0, 0.1) is 19.7 Å². The lowest BCUT2D eigenvalue weighted by molar-refractivity contribution is -0.108. The van der Waals surface area contributed by atoms with Gasteiger partial charge in [-0.15, -0.1) is 5.10 Å². The van der Waals surface area contributed by atoms with Crippen molar-refractivity contribution in [3.63, 3.8) is 0 Å². The molecule has 2 aromatic heterocycles. The molecule has 1 saturated heterocycles. The van der Waals surface area contributed by atoms with E-state index in [1.807, 2.05) is 17.9 Å². The molecule has 2 N–H and O–H groups in total. The minimum absolute atomic E-state index is 0.0233. The standard InChI is InChI=1S/C24H28F3N5O3S/c1-13(17-6-5-7-19(21(17)25)24(26,27)16(4)33)29-23-18-12-20(32-8-10-36(34,35)11-9-32)14(2)28-22(18)15(3)30-31-23/h5-7,12-13,16,33H,8-11H2,1-4H3,(H,29,31)/t13-,16?/m1/s1. The number of nitrogens with zero attached hydrogens (tertiary/aromatic N) is 4. The summed E-state index contributed by atoms with van der Waals surface area (Å²) >= 11 is 0. The predicted molar refractivity (Wildman–Crippen MR) is 132 cm³/mol. The van der Waals surface area contributed by atoms with E-state index in [4.69, 9.17) is 0 Å². The van der Waals surface area contributed by atoms with Gasteiger partial charge in [-0.3, -0.25) is 0 Å². The Balaban J connectivity index is 1.72. The van der Waals surface area contributed by atoms with Gasteiger partial charge in [0.15, 0.2) is 15.7 Å². The molecule has 12 heteroatoms. The Bertz CT molecular complexity index is 1400. The second-order valence-electron chi connectivity index (χ2n) is 9.14. The Morgan fingerprint density at radius 1 is 1.11 bits per heavy atom. The lowest BCUT2D eigenvalue weighted by Gasteiger charge is -2.30. The summed E-state index contributed by atoms with van der Waals surface area (Å²) in [5.74, 6) is -4.49. The number of aromatic nitrogens is 3. The van der Waals surface area contributed by atoms with Crippen molar-refractivity contribution >= 4 is 32.2 Å². The van der Waals surface area contributed by atoms with E-state index in [0.717, 1.165) is 18.7 Å². The van der Waals surface area contributed by atoms with Crippen molar-refractivity contribution in [3.05, 3.63) is 52.6 Å². The van der Waals surface area contributed by atoms with Crippen molar-refractivity contribution in [2.75, 3.05) is 34.8 Å². The van der Waals surface area contributed by atoms with Crippen LogP contribution in [0.2, 0.25) is 0 Å². The highest BCUT2D eigenvalue weighted by molar-refractivity contribution is 7.91. The number of fused-ring (bicyclic) bond motifs is 1. The van der Waals surface area contributed by atoms with Gasteiger partial charge >= 0.3 is 5.92 Å². The van der Waals surface area contributed by atoms with E-state index in [2.05, 4.69) is 20.5 Å². The van der Waals surface area contributed by atoms with Crippen molar-refractivity contribution < 1.29 is 26.7 Å². The van der Waals surface area contributed by atoms with Crippen LogP contribution in [0.3, 0.4) is 0 Å². The first-order chi connectivity index (χ1) is 16.8. The second kappa shape index (κ2) is 9.47. The summed E-state index contributed by atoms with van der Waals surface area (Å²) in [6.45, 7) is 6.77. The van der Waals surface area contributed by atoms with Crippen LogP contribution in [0.5, 0.6) is 0 Å². The number of rotatable bonds is 6. The fourth-order valence-corrected chi connectivity index (χ4v) is 5.51. The Morgan fingerprint density at radius 3 is 2.42 bits per heavy atom. The van der Waals surface area contributed by atoms with Crippen LogP contribution < -0.4 is 10.2 Å². The molecule has 1 unspecified atom stereocenters. The highest BCUT2D eigenvalue weighted by atomic mass is 32.2. The molecule has 1 fully saturated rings. The van der Waals surface area contributed by atoms with Crippen LogP contribution in [0.4, 0.5) is 24.7 Å². The molecular weight excluding hydrogens is 495 g/mol. The summed E-state index contributed by atoms with van der Waals surface area (Å²) in [5.41, 5.74) is 1.69. The molecule has 3 aromatic rings. The summed E-state index contributed by atoms with van der Waals surface area (Å²) in [4.78, 5) is 6.63. The zero-order valence-electron chi connectivity index (χ0n) is 20.4. The summed E-state index contributed by atoms with van der Waals surface area (Å²) in [6.07, 6.45) is -2.06. The van der Waals surface area contributed by atoms with Gasteiger partial charge in [0.1, 0.15) is 11.9 Å². The molecule has 1 aromatic carbocycles. The number of hydrogen-bond acceptors (Lipinski definition) is 8. The third-order valence-electron chi connectivity index (χ3n) is 6.50. The summed E-state index contributed by atoms with van der Waals surface area (Å²) in [5, 5.41) is 21.5. The van der Waals surface area contributed by atoms with Gasteiger partial charge in [0, 0.05) is 24.0 Å². The molecule has 1 aliphatic heterocycles. The molecule has 0 bridgehead atoms. The Labute approximate surface area is 207 Å². The molecule has 0 aliphatic carbocycles. The topological polar surface area (TPSA) is 108 Å². The number of anilines is 2. The molecule has 0 amide bonds. The summed E-state index contributed by atoms with van der Waals surface area (Å²) < 4.78 is 67.7. The van der Waals surface area contributed by atoms with Gasteiger partial charge < -0.3 is 15.3 Å². The van der Waals surface area contributed by atoms with Crippen LogP contribution in [0.15, 0.2) is 24.3 Å². The average molecular weight is 524 g/mol. The van der Waals surface area contributed by atoms with E-state index in [-0.39, 0.29) is 22.9 Å². The van der Waals surface area contributed by atoms with E-state index < -0.39 is 39.3 Å². The molecule has 1 aliphatic rings. The first-order valence-corrected chi connectivity index (χ1v) is 13.3. The van der Waals surface area contributed by atoms with Gasteiger partial charge in [-0.25, -0.2) is 17.8 Å². The molecule has 0 spiro atoms. The van der Waals surface area contributed by atoms with E-state index in [0.29, 0.717) is 35.4 Å². The number of hydrogen-bond donors (Lipinski definition) is 2. The zero-order chi connectivity index (χ0) is 26.4. The Hall–Kier alpha value is -2.99. The third kappa shape index (κ3) is 4.83. The maximum Gasteiger partial charge on any atom is 0.301 e. The molecule has 0 radical (unpaired) electrons. The molecular formula is C24H28F3N5O3S. The van der Waals surface area contributed by atoms with Crippen molar-refractivity contribution in [1.29, 1.82) is 0 Å². The average Bonchev–Trinajstić information content (AvgIpc) is 2.81. The second-order valence-corrected chi connectivity index (χ2v) is 11.4. The van der Waals surface area contributed by atoms with E-state index in [1.54, 1.807) is 13.8 Å². The molecule has 194 valence electrons. The highest BCUT2D eigenvalue weighted by Gasteiger charge is 2.40. The number of aliphatic hydroxyl groups excluding tert-OH is 1. The quantitative estimate of drug-likeness (QED) is 0.504. The van der Waals surface area contributed by atoms with Crippen LogP contribution >= 0.6 is 0 Å². The first-order valence-electron chi connectivity index (χ1n) is 11.5. The van der Waals surface area contributed by atoms with E-state index in [1.165, 1.54) is 12.1 Å². The van der Waals surface area contributed by atoms with Crippen molar-refractivity contribution in [2.45, 2.75) is 45.8 Å². The summed E-state index contributed by atoms with van der Waals surface area (Å²) in [7, 11) is -3.07. The summed E-state index contributed by atoms with van der Waals surface area (Å²) in [6, 6.07) is 4.73. The number of alkyl halides is 2. The van der Waals surface area contributed by atoms with Crippen molar-refractivity contribution in [2.24, 2.45) is 0 Å². The molecule has 3 heterocycles. The van der Waals surface area contributed by atoms with Crippen LogP contribution in [-0.2, 0) is 15.8 Å². The Kier molecular flexibility index (Phi) is 6.86. The van der Waals surface area contributed by atoms with Crippen LogP contribution in [0.25, 0.3) is 10.9 Å². The number of sulfone groups is 1. The molecule has 36 heavy (non-hydrogen) atoms. The number of halogens is 3. The zero-order valence-corrected chi connectivity index (χ0v) is 21.2. The van der Waals surface area contributed by atoms with Crippen LogP contribution in [0.1, 0.15) is 42.4 Å². The number of nitrogens with one attached hydrogen (secondary N) is 1. The van der Waals surface area contributed by atoms with Gasteiger partial charge in [-0.1, -0.05) is 12.1 Å². The van der Waals surface area contributed by atoms with E-state index in [9.17, 15) is 22.3 Å². The number of aliphatic hydroxyl groups is 1. The SMILES string of the molecule is Cc1nc2c(C)nnc(N[C@H](C)c3cccc(C(F)(F)C(C)O)c3F)c2cc1N1CCS(=O)(=O)CC1. The molecule has 2 atom stereocenters. The van der Waals surface area contributed by atoms with Crippen molar-refractivity contribution in [3.8, 4) is 0 Å². The van der Waals surface area contributed by atoms with Gasteiger partial charge in [-0.2, -0.15) is 13.9 Å². The monoisotopic (exact) mass is 523 g/mol. The minimum atomic E-state index is -3.76. The maximum atomic E-state index is 15.1. The lowest BCUT2D eigenvalue weighted by atomic mass is 9.97. The van der Waals surface area contributed by atoms with E-state index >= 15 is 4.39 Å². The smallest absolute Gasteiger partial charge is 0.301 e. The van der Waals surface area contributed by atoms with Crippen LogP contribution in [-0.4, -0.2) is 59.4 Å².